The largest absolute Gasteiger partial charge is 0.494 e. The lowest BCUT2D eigenvalue weighted by Gasteiger charge is -2.29. The van der Waals surface area contributed by atoms with Crippen molar-refractivity contribution in [3.05, 3.63) is 77.4 Å². The predicted molar refractivity (Wildman–Crippen MR) is 136 cm³/mol. The number of ether oxygens (including phenoxy) is 4. The summed E-state index contributed by atoms with van der Waals surface area (Å²) >= 11 is 0. The van der Waals surface area contributed by atoms with Gasteiger partial charge in [-0.05, 0) is 60.5 Å². The summed E-state index contributed by atoms with van der Waals surface area (Å²) < 4.78 is 22.0. The van der Waals surface area contributed by atoms with Crippen LogP contribution in [0.5, 0.6) is 23.0 Å². The second-order valence-electron chi connectivity index (χ2n) is 8.27. The van der Waals surface area contributed by atoms with Crippen LogP contribution in [0.4, 0.5) is 5.69 Å². The van der Waals surface area contributed by atoms with Gasteiger partial charge in [-0.1, -0.05) is 18.2 Å². The maximum Gasteiger partial charge on any atom is 0.255 e. The Bertz CT molecular complexity index is 1220. The zero-order chi connectivity index (χ0) is 25.7. The van der Waals surface area contributed by atoms with Gasteiger partial charge in [0.25, 0.3) is 5.91 Å². The van der Waals surface area contributed by atoms with E-state index in [0.717, 1.165) is 11.3 Å². The molecule has 0 aliphatic carbocycles. The molecule has 0 bridgehead atoms. The van der Waals surface area contributed by atoms with E-state index >= 15 is 0 Å². The smallest absolute Gasteiger partial charge is 0.255 e. The molecule has 36 heavy (non-hydrogen) atoms. The van der Waals surface area contributed by atoms with Crippen molar-refractivity contribution in [2.24, 2.45) is 0 Å². The first kappa shape index (κ1) is 24.9. The van der Waals surface area contributed by atoms with Gasteiger partial charge in [-0.3, -0.25) is 9.59 Å². The number of nitrogens with zero attached hydrogens (tertiary/aromatic N) is 1. The molecule has 0 spiro atoms. The lowest BCUT2D eigenvalue weighted by molar-refractivity contribution is -0.117. The quantitative estimate of drug-likeness (QED) is 0.438. The summed E-state index contributed by atoms with van der Waals surface area (Å²) in [4.78, 5) is 28.3. The number of carbonyl (C=O) groups excluding carboxylic acids is 2. The molecule has 0 saturated carbocycles. The zero-order valence-electron chi connectivity index (χ0n) is 20.9. The Morgan fingerprint density at radius 1 is 0.972 bits per heavy atom. The van der Waals surface area contributed by atoms with Gasteiger partial charge in [0.2, 0.25) is 11.7 Å². The second kappa shape index (κ2) is 11.0. The van der Waals surface area contributed by atoms with Crippen molar-refractivity contribution in [3.63, 3.8) is 0 Å². The topological polar surface area (TPSA) is 86.3 Å². The minimum Gasteiger partial charge on any atom is -0.494 e. The van der Waals surface area contributed by atoms with Crippen LogP contribution >= 0.6 is 0 Å². The number of nitrogens with one attached hydrogen (secondary N) is 1. The van der Waals surface area contributed by atoms with E-state index in [-0.39, 0.29) is 18.2 Å². The monoisotopic (exact) mass is 490 g/mol. The molecular weight excluding hydrogens is 460 g/mol. The van der Waals surface area contributed by atoms with Gasteiger partial charge >= 0.3 is 0 Å². The first-order chi connectivity index (χ1) is 17.5. The van der Waals surface area contributed by atoms with Crippen molar-refractivity contribution < 1.29 is 28.5 Å². The van der Waals surface area contributed by atoms with Crippen molar-refractivity contribution in [2.45, 2.75) is 25.9 Å². The molecule has 0 radical (unpaired) electrons. The zero-order valence-corrected chi connectivity index (χ0v) is 20.9. The number of anilines is 1. The van der Waals surface area contributed by atoms with Gasteiger partial charge in [-0.25, -0.2) is 0 Å². The molecule has 0 saturated heterocycles. The Hall–Kier alpha value is -4.20. The molecule has 0 unspecified atom stereocenters. The first-order valence-electron chi connectivity index (χ1n) is 11.7. The third-order valence-electron chi connectivity index (χ3n) is 6.13. The predicted octanol–water partition coefficient (Wildman–Crippen LogP) is 4.84. The van der Waals surface area contributed by atoms with Gasteiger partial charge in [-0.15, -0.1) is 0 Å². The minimum atomic E-state index is -0.568. The van der Waals surface area contributed by atoms with Crippen molar-refractivity contribution in [1.29, 1.82) is 0 Å². The number of hydrogen-bond donors (Lipinski definition) is 1. The molecule has 1 N–H and O–H groups in total. The molecule has 2 amide bonds. The molecule has 0 aromatic heterocycles. The standard InChI is InChI=1S/C28H30N2O6/c1-5-36-21-12-10-20(11-13-21)29-26(31)16-23(30-17-18-8-6-7-9-22(18)28(30)32)19-14-24(33-2)27(35-4)25(15-19)34-3/h6-15,23H,5,16-17H2,1-4H3,(H,29,31)/t23-/m1/s1. The number of hydrogen-bond acceptors (Lipinski definition) is 6. The highest BCUT2D eigenvalue weighted by Gasteiger charge is 2.35. The summed E-state index contributed by atoms with van der Waals surface area (Å²) in [5, 5.41) is 2.93. The molecule has 3 aromatic carbocycles. The van der Waals surface area contributed by atoms with Crippen LogP contribution in [-0.2, 0) is 11.3 Å². The molecule has 4 rings (SSSR count). The van der Waals surface area contributed by atoms with E-state index in [4.69, 9.17) is 18.9 Å². The van der Waals surface area contributed by atoms with E-state index in [9.17, 15) is 9.59 Å². The number of rotatable bonds is 10. The second-order valence-corrected chi connectivity index (χ2v) is 8.27. The molecule has 1 heterocycles. The van der Waals surface area contributed by atoms with Crippen molar-refractivity contribution in [1.82, 2.24) is 4.90 Å². The van der Waals surface area contributed by atoms with Crippen LogP contribution in [0.15, 0.2) is 60.7 Å². The van der Waals surface area contributed by atoms with Gasteiger partial charge in [0.15, 0.2) is 11.5 Å². The first-order valence-corrected chi connectivity index (χ1v) is 11.7. The van der Waals surface area contributed by atoms with E-state index in [1.54, 1.807) is 41.3 Å². The Morgan fingerprint density at radius 2 is 1.64 bits per heavy atom. The van der Waals surface area contributed by atoms with E-state index in [2.05, 4.69) is 5.32 Å². The SMILES string of the molecule is CCOc1ccc(NC(=O)C[C@H](c2cc(OC)c(OC)c(OC)c2)N2Cc3ccccc3C2=O)cc1. The molecule has 8 nitrogen and oxygen atoms in total. The Morgan fingerprint density at radius 3 is 2.22 bits per heavy atom. The number of carbonyl (C=O) groups is 2. The van der Waals surface area contributed by atoms with Crippen molar-refractivity contribution >= 4 is 17.5 Å². The highest BCUT2D eigenvalue weighted by Crippen LogP contribution is 2.43. The van der Waals surface area contributed by atoms with Crippen molar-refractivity contribution in [3.8, 4) is 23.0 Å². The maximum atomic E-state index is 13.4. The van der Waals surface area contributed by atoms with Gasteiger partial charge < -0.3 is 29.2 Å². The fourth-order valence-corrected chi connectivity index (χ4v) is 4.42. The summed E-state index contributed by atoms with van der Waals surface area (Å²) in [5.74, 6) is 1.71. The Balaban J connectivity index is 1.66. The third kappa shape index (κ3) is 5.07. The molecule has 1 aliphatic rings. The van der Waals surface area contributed by atoms with E-state index < -0.39 is 6.04 Å². The third-order valence-corrected chi connectivity index (χ3v) is 6.13. The van der Waals surface area contributed by atoms with E-state index in [1.807, 2.05) is 31.2 Å². The van der Waals surface area contributed by atoms with Crippen LogP contribution in [0.3, 0.4) is 0 Å². The van der Waals surface area contributed by atoms with Gasteiger partial charge in [0, 0.05) is 17.8 Å². The fraction of sp³-hybridized carbons (Fsp3) is 0.286. The highest BCUT2D eigenvalue weighted by atomic mass is 16.5. The fourth-order valence-electron chi connectivity index (χ4n) is 4.42. The van der Waals surface area contributed by atoms with Gasteiger partial charge in [0.05, 0.1) is 40.4 Å². The van der Waals surface area contributed by atoms with E-state index in [1.165, 1.54) is 21.3 Å². The molecule has 188 valence electrons. The molecule has 0 fully saturated rings. The summed E-state index contributed by atoms with van der Waals surface area (Å²) in [6.45, 7) is 2.87. The molecular formula is C28H30N2O6. The molecule has 3 aromatic rings. The summed E-state index contributed by atoms with van der Waals surface area (Å²) in [6, 6.07) is 17.7. The highest BCUT2D eigenvalue weighted by molar-refractivity contribution is 5.99. The normalized spacial score (nSPS) is 13.1. The average Bonchev–Trinajstić information content (AvgIpc) is 3.23. The van der Waals surface area contributed by atoms with Crippen LogP contribution in [0.1, 0.15) is 40.9 Å². The van der Waals surface area contributed by atoms with Gasteiger partial charge in [-0.2, -0.15) is 0 Å². The van der Waals surface area contributed by atoms with Crippen LogP contribution < -0.4 is 24.3 Å². The van der Waals surface area contributed by atoms with Crippen LogP contribution in [-0.4, -0.2) is 44.7 Å². The van der Waals surface area contributed by atoms with Crippen LogP contribution in [0.2, 0.25) is 0 Å². The maximum absolute atomic E-state index is 13.4. The van der Waals surface area contributed by atoms with Crippen molar-refractivity contribution in [2.75, 3.05) is 33.3 Å². The molecule has 8 heteroatoms. The lowest BCUT2D eigenvalue weighted by atomic mass is 10.00. The summed E-state index contributed by atoms with van der Waals surface area (Å²) in [5.41, 5.74) is 2.91. The number of benzene rings is 3. The van der Waals surface area contributed by atoms with Crippen LogP contribution in [0, 0.1) is 0 Å². The Kier molecular flexibility index (Phi) is 7.63. The minimum absolute atomic E-state index is 0.0333. The molecule has 1 atom stereocenters. The summed E-state index contributed by atoms with van der Waals surface area (Å²) in [7, 11) is 4.60. The molecule has 1 aliphatic heterocycles. The number of methoxy groups -OCH3 is 3. The van der Waals surface area contributed by atoms with E-state index in [0.29, 0.717) is 47.2 Å². The number of amides is 2. The summed E-state index contributed by atoms with van der Waals surface area (Å²) in [6.07, 6.45) is 0.0333. The lowest BCUT2D eigenvalue weighted by Crippen LogP contribution is -2.32. The van der Waals surface area contributed by atoms with Crippen LogP contribution in [0.25, 0.3) is 0 Å². The average molecular weight is 491 g/mol. The van der Waals surface area contributed by atoms with Gasteiger partial charge in [0.1, 0.15) is 5.75 Å². The number of fused-ring (bicyclic) bond motifs is 1. The Labute approximate surface area is 210 Å².